The van der Waals surface area contributed by atoms with E-state index < -0.39 is 12.0 Å². The number of nitrogens with two attached hydrogens (primary N) is 1. The van der Waals surface area contributed by atoms with Gasteiger partial charge in [0.2, 0.25) is 5.91 Å². The number of amides is 1. The van der Waals surface area contributed by atoms with Crippen molar-refractivity contribution in [1.82, 2.24) is 0 Å². The van der Waals surface area contributed by atoms with Gasteiger partial charge in [-0.15, -0.1) is 0 Å². The molecule has 0 bridgehead atoms. The lowest BCUT2D eigenvalue weighted by Crippen LogP contribution is -2.37. The number of carbonyl (C=O) groups is 1. The molecule has 21 heavy (non-hydrogen) atoms. The van der Waals surface area contributed by atoms with Crippen molar-refractivity contribution in [3.05, 3.63) is 66.6 Å². The predicted octanol–water partition coefficient (Wildman–Crippen LogP) is 2.79. The van der Waals surface area contributed by atoms with E-state index in [9.17, 15) is 4.79 Å². The Kier molecular flexibility index (Phi) is 4.02. The summed E-state index contributed by atoms with van der Waals surface area (Å²) in [6.45, 7) is 0.533. The SMILES string of the molecule is NC(=O)[C@H]1[C][C@H](c2ccc(-c3ccccc3)cc2)CCO1. The maximum absolute atomic E-state index is 11.2. The molecule has 106 valence electrons. The Morgan fingerprint density at radius 2 is 1.71 bits per heavy atom. The highest BCUT2D eigenvalue weighted by Crippen LogP contribution is 2.30. The lowest BCUT2D eigenvalue weighted by atomic mass is 9.87. The second-order valence-electron chi connectivity index (χ2n) is 5.15. The molecular formula is C18H17NO2. The van der Waals surface area contributed by atoms with E-state index in [-0.39, 0.29) is 5.92 Å². The highest BCUT2D eigenvalue weighted by molar-refractivity contribution is 5.80. The van der Waals surface area contributed by atoms with E-state index in [0.717, 1.165) is 12.0 Å². The average Bonchev–Trinajstić information content (AvgIpc) is 2.56. The molecule has 2 radical (unpaired) electrons. The molecule has 1 saturated heterocycles. The summed E-state index contributed by atoms with van der Waals surface area (Å²) in [7, 11) is 0. The standard InChI is InChI=1S/C18H17NO2/c19-18(20)17-12-16(10-11-21-17)15-8-6-14(7-9-15)13-4-2-1-3-5-13/h1-9,16-17H,10-11H2,(H2,19,20)/t16-,17-/m1/s1. The van der Waals surface area contributed by atoms with Crippen LogP contribution in [0, 0.1) is 6.42 Å². The van der Waals surface area contributed by atoms with Crippen LogP contribution >= 0.6 is 0 Å². The molecule has 0 saturated carbocycles. The van der Waals surface area contributed by atoms with E-state index in [1.807, 2.05) is 18.2 Å². The second-order valence-corrected chi connectivity index (χ2v) is 5.15. The summed E-state index contributed by atoms with van der Waals surface area (Å²) in [5.41, 5.74) is 8.80. The van der Waals surface area contributed by atoms with Gasteiger partial charge in [0.25, 0.3) is 0 Å². The molecule has 1 heterocycles. The number of primary amides is 1. The van der Waals surface area contributed by atoms with Gasteiger partial charge in [0.15, 0.2) is 0 Å². The van der Waals surface area contributed by atoms with Crippen molar-refractivity contribution in [2.75, 3.05) is 6.61 Å². The maximum atomic E-state index is 11.2. The van der Waals surface area contributed by atoms with E-state index >= 15 is 0 Å². The summed E-state index contributed by atoms with van der Waals surface area (Å²) in [4.78, 5) is 11.2. The lowest BCUT2D eigenvalue weighted by molar-refractivity contribution is -0.129. The zero-order chi connectivity index (χ0) is 14.7. The normalized spacial score (nSPS) is 21.9. The monoisotopic (exact) mass is 279 g/mol. The van der Waals surface area contributed by atoms with Crippen LogP contribution in [-0.2, 0) is 9.53 Å². The summed E-state index contributed by atoms with van der Waals surface area (Å²) in [5.74, 6) is -0.373. The third-order valence-corrected chi connectivity index (χ3v) is 3.72. The van der Waals surface area contributed by atoms with Gasteiger partial charge in [0.05, 0.1) is 0 Å². The van der Waals surface area contributed by atoms with Crippen molar-refractivity contribution in [3.63, 3.8) is 0 Å². The first kappa shape index (κ1) is 13.8. The minimum absolute atomic E-state index is 0.0982. The number of hydrogen-bond donors (Lipinski definition) is 1. The summed E-state index contributed by atoms with van der Waals surface area (Å²) in [6, 6.07) is 18.6. The average molecular weight is 279 g/mol. The fourth-order valence-corrected chi connectivity index (χ4v) is 2.58. The topological polar surface area (TPSA) is 52.3 Å². The van der Waals surface area contributed by atoms with Gasteiger partial charge in [0.1, 0.15) is 6.10 Å². The molecule has 1 fully saturated rings. The molecule has 0 unspecified atom stereocenters. The van der Waals surface area contributed by atoms with Gasteiger partial charge >= 0.3 is 0 Å². The van der Waals surface area contributed by atoms with Crippen LogP contribution in [0.5, 0.6) is 0 Å². The minimum atomic E-state index is -0.697. The molecular weight excluding hydrogens is 262 g/mol. The Balaban J connectivity index is 1.76. The molecule has 0 aromatic heterocycles. The molecule has 0 spiro atoms. The van der Waals surface area contributed by atoms with Crippen LogP contribution in [0.3, 0.4) is 0 Å². The first-order chi connectivity index (χ1) is 10.2. The number of benzene rings is 2. The maximum Gasteiger partial charge on any atom is 0.247 e. The van der Waals surface area contributed by atoms with Crippen molar-refractivity contribution in [3.8, 4) is 11.1 Å². The van der Waals surface area contributed by atoms with E-state index in [1.54, 1.807) is 0 Å². The van der Waals surface area contributed by atoms with E-state index in [4.69, 9.17) is 10.5 Å². The largest absolute Gasteiger partial charge is 0.368 e. The molecule has 2 aromatic rings. The minimum Gasteiger partial charge on any atom is -0.368 e. The first-order valence-corrected chi connectivity index (χ1v) is 7.06. The van der Waals surface area contributed by atoms with Gasteiger partial charge in [-0.05, 0) is 29.0 Å². The molecule has 1 amide bonds. The van der Waals surface area contributed by atoms with Crippen LogP contribution < -0.4 is 5.73 Å². The fourth-order valence-electron chi connectivity index (χ4n) is 2.58. The fraction of sp³-hybridized carbons (Fsp3) is 0.222. The van der Waals surface area contributed by atoms with Crippen molar-refractivity contribution in [2.24, 2.45) is 5.73 Å². The van der Waals surface area contributed by atoms with E-state index in [2.05, 4.69) is 42.8 Å². The second kappa shape index (κ2) is 6.10. The Hall–Kier alpha value is -2.13. The number of carbonyl (C=O) groups excluding carboxylic acids is 1. The smallest absolute Gasteiger partial charge is 0.247 e. The molecule has 3 heteroatoms. The van der Waals surface area contributed by atoms with Crippen molar-refractivity contribution < 1.29 is 9.53 Å². The Bertz CT molecular complexity index is 607. The third-order valence-electron chi connectivity index (χ3n) is 3.72. The molecule has 3 nitrogen and oxygen atoms in total. The van der Waals surface area contributed by atoms with Gasteiger partial charge in [-0.3, -0.25) is 4.79 Å². The quantitative estimate of drug-likeness (QED) is 0.939. The van der Waals surface area contributed by atoms with Crippen molar-refractivity contribution >= 4 is 5.91 Å². The van der Waals surface area contributed by atoms with Crippen molar-refractivity contribution in [1.29, 1.82) is 0 Å². The molecule has 2 aromatic carbocycles. The lowest BCUT2D eigenvalue weighted by Gasteiger charge is -2.27. The van der Waals surface area contributed by atoms with Crippen LogP contribution in [0.25, 0.3) is 11.1 Å². The van der Waals surface area contributed by atoms with Crippen molar-refractivity contribution in [2.45, 2.75) is 18.4 Å². The molecule has 2 atom stereocenters. The third kappa shape index (κ3) is 3.14. The summed E-state index contributed by atoms with van der Waals surface area (Å²) in [5, 5.41) is 0. The van der Waals surface area contributed by atoms with Gasteiger partial charge < -0.3 is 10.5 Å². The molecule has 3 rings (SSSR count). The van der Waals surface area contributed by atoms with Gasteiger partial charge in [-0.25, -0.2) is 0 Å². The van der Waals surface area contributed by atoms with Crippen LogP contribution in [0.15, 0.2) is 54.6 Å². The zero-order valence-electron chi connectivity index (χ0n) is 11.7. The highest BCUT2D eigenvalue weighted by atomic mass is 16.5. The summed E-state index contributed by atoms with van der Waals surface area (Å²) >= 11 is 0. The highest BCUT2D eigenvalue weighted by Gasteiger charge is 2.28. The van der Waals surface area contributed by atoms with Gasteiger partial charge in [0, 0.05) is 13.0 Å². The molecule has 1 aliphatic rings. The number of rotatable bonds is 3. The summed E-state index contributed by atoms with van der Waals surface area (Å²) < 4.78 is 5.30. The predicted molar refractivity (Wildman–Crippen MR) is 81.4 cm³/mol. The Morgan fingerprint density at radius 1 is 1.05 bits per heavy atom. The van der Waals surface area contributed by atoms with E-state index in [0.29, 0.717) is 6.61 Å². The molecule has 1 aliphatic heterocycles. The van der Waals surface area contributed by atoms with Crippen LogP contribution in [0.2, 0.25) is 0 Å². The zero-order valence-corrected chi connectivity index (χ0v) is 11.7. The van der Waals surface area contributed by atoms with Gasteiger partial charge in [-0.2, -0.15) is 0 Å². The van der Waals surface area contributed by atoms with Crippen LogP contribution in [0.1, 0.15) is 17.9 Å². The molecule has 2 N–H and O–H groups in total. The Morgan fingerprint density at radius 3 is 2.38 bits per heavy atom. The van der Waals surface area contributed by atoms with Crippen LogP contribution in [-0.4, -0.2) is 18.6 Å². The summed E-state index contributed by atoms with van der Waals surface area (Å²) in [6.07, 6.45) is 3.26. The number of ether oxygens (including phenoxy) is 1. The van der Waals surface area contributed by atoms with Gasteiger partial charge in [-0.1, -0.05) is 54.6 Å². The first-order valence-electron chi connectivity index (χ1n) is 7.06. The molecule has 0 aliphatic carbocycles. The Labute approximate surface area is 124 Å². The van der Waals surface area contributed by atoms with E-state index in [1.165, 1.54) is 11.1 Å². The van der Waals surface area contributed by atoms with Crippen LogP contribution in [0.4, 0.5) is 0 Å². The number of hydrogen-bond acceptors (Lipinski definition) is 2.